The molecule has 0 amide bonds. The van der Waals surface area contributed by atoms with Gasteiger partial charge in [0.15, 0.2) is 8.32 Å². The van der Waals surface area contributed by atoms with Crippen LogP contribution in [0.25, 0.3) is 0 Å². The normalized spacial score (nSPS) is 21.2. The number of nitro benzene ring substituents is 1. The third-order valence-corrected chi connectivity index (χ3v) is 9.89. The lowest BCUT2D eigenvalue weighted by Gasteiger charge is -2.38. The highest BCUT2D eigenvalue weighted by Gasteiger charge is 2.43. The van der Waals surface area contributed by atoms with Crippen LogP contribution in [0.4, 0.5) is 11.4 Å². The number of anilines is 1. The van der Waals surface area contributed by atoms with Gasteiger partial charge in [-0.2, -0.15) is 5.26 Å². The highest BCUT2D eigenvalue weighted by Crippen LogP contribution is 2.41. The average Bonchev–Trinajstić information content (AvgIpc) is 2.88. The Bertz CT molecular complexity index is 679. The third kappa shape index (κ3) is 4.20. The SMILES string of the molecule is CC(C)(C)[Si](C)(C)O[C@@H]1C[C@@H](CC#N)N(c2ccccc2[N+](=O)[O-])C1. The Morgan fingerprint density at radius 1 is 1.40 bits per heavy atom. The van der Waals surface area contributed by atoms with Crippen molar-refractivity contribution in [2.24, 2.45) is 0 Å². The predicted octanol–water partition coefficient (Wildman–Crippen LogP) is 4.48. The van der Waals surface area contributed by atoms with Gasteiger partial charge >= 0.3 is 0 Å². The Morgan fingerprint density at radius 3 is 2.60 bits per heavy atom. The highest BCUT2D eigenvalue weighted by molar-refractivity contribution is 6.74. The second-order valence-electron chi connectivity index (χ2n) is 8.15. The van der Waals surface area contributed by atoms with E-state index in [0.717, 1.165) is 6.42 Å². The first kappa shape index (κ1) is 19.4. The molecule has 0 unspecified atom stereocenters. The Morgan fingerprint density at radius 2 is 2.04 bits per heavy atom. The summed E-state index contributed by atoms with van der Waals surface area (Å²) in [7, 11) is -1.93. The van der Waals surface area contributed by atoms with E-state index in [1.54, 1.807) is 18.2 Å². The van der Waals surface area contributed by atoms with Crippen molar-refractivity contribution >= 4 is 19.7 Å². The Labute approximate surface area is 150 Å². The maximum absolute atomic E-state index is 11.4. The molecule has 0 radical (unpaired) electrons. The van der Waals surface area contributed by atoms with Crippen LogP contribution in [0, 0.1) is 21.4 Å². The van der Waals surface area contributed by atoms with Gasteiger partial charge in [-0.15, -0.1) is 0 Å². The van der Waals surface area contributed by atoms with E-state index in [1.807, 2.05) is 4.90 Å². The van der Waals surface area contributed by atoms with Crippen molar-refractivity contribution in [1.82, 2.24) is 0 Å². The first-order valence-electron chi connectivity index (χ1n) is 8.61. The van der Waals surface area contributed by atoms with Crippen LogP contribution in [0.2, 0.25) is 18.1 Å². The molecule has 0 saturated carbocycles. The van der Waals surface area contributed by atoms with Crippen molar-refractivity contribution < 1.29 is 9.35 Å². The Hall–Kier alpha value is -1.91. The lowest BCUT2D eigenvalue weighted by atomic mass is 10.1. The summed E-state index contributed by atoms with van der Waals surface area (Å²) in [5.74, 6) is 0. The number of hydrogen-bond donors (Lipinski definition) is 0. The monoisotopic (exact) mass is 361 g/mol. The summed E-state index contributed by atoms with van der Waals surface area (Å²) >= 11 is 0. The molecule has 1 saturated heterocycles. The number of benzene rings is 1. The maximum Gasteiger partial charge on any atom is 0.292 e. The minimum atomic E-state index is -1.93. The molecule has 2 atom stereocenters. The van der Waals surface area contributed by atoms with Gasteiger partial charge in [0.05, 0.1) is 23.5 Å². The summed E-state index contributed by atoms with van der Waals surface area (Å²) in [6, 6.07) is 8.90. The van der Waals surface area contributed by atoms with Gasteiger partial charge in [-0.1, -0.05) is 32.9 Å². The van der Waals surface area contributed by atoms with E-state index in [1.165, 1.54) is 6.07 Å². The van der Waals surface area contributed by atoms with E-state index in [-0.39, 0.29) is 27.8 Å². The van der Waals surface area contributed by atoms with E-state index in [4.69, 9.17) is 4.43 Å². The number of nitrogens with zero attached hydrogens (tertiary/aromatic N) is 3. The predicted molar refractivity (Wildman–Crippen MR) is 101 cm³/mol. The van der Waals surface area contributed by atoms with E-state index in [9.17, 15) is 15.4 Å². The zero-order valence-electron chi connectivity index (χ0n) is 15.7. The van der Waals surface area contributed by atoms with E-state index < -0.39 is 8.32 Å². The van der Waals surface area contributed by atoms with Gasteiger partial charge in [-0.05, 0) is 30.6 Å². The summed E-state index contributed by atoms with van der Waals surface area (Å²) in [5.41, 5.74) is 0.660. The van der Waals surface area contributed by atoms with Crippen molar-refractivity contribution in [3.8, 4) is 6.07 Å². The van der Waals surface area contributed by atoms with Gasteiger partial charge in [-0.25, -0.2) is 0 Å². The lowest BCUT2D eigenvalue weighted by Crippen LogP contribution is -2.44. The Balaban J connectivity index is 2.28. The molecule has 0 bridgehead atoms. The van der Waals surface area contributed by atoms with Gasteiger partial charge in [-0.3, -0.25) is 10.1 Å². The minimum absolute atomic E-state index is 0.000878. The van der Waals surface area contributed by atoms with Gasteiger partial charge in [0, 0.05) is 18.7 Å². The summed E-state index contributed by atoms with van der Waals surface area (Å²) in [6.07, 6.45) is 1.06. The maximum atomic E-state index is 11.4. The van der Waals surface area contributed by atoms with Crippen molar-refractivity contribution in [2.75, 3.05) is 11.4 Å². The second kappa shape index (κ2) is 7.14. The van der Waals surface area contributed by atoms with Crippen LogP contribution in [0.5, 0.6) is 0 Å². The van der Waals surface area contributed by atoms with E-state index in [2.05, 4.69) is 39.9 Å². The summed E-state index contributed by atoms with van der Waals surface area (Å²) in [6.45, 7) is 11.6. The molecule has 0 spiro atoms. The van der Waals surface area contributed by atoms with Crippen LogP contribution in [0.15, 0.2) is 24.3 Å². The fraction of sp³-hybridized carbons (Fsp3) is 0.611. The molecule has 0 N–H and O–H groups in total. The highest BCUT2D eigenvalue weighted by atomic mass is 28.4. The van der Waals surface area contributed by atoms with E-state index >= 15 is 0 Å². The van der Waals surface area contributed by atoms with Crippen molar-refractivity contribution in [1.29, 1.82) is 5.26 Å². The molecule has 1 heterocycles. The molecular formula is C18H27N3O3Si. The van der Waals surface area contributed by atoms with Gasteiger partial charge in [0.1, 0.15) is 5.69 Å². The van der Waals surface area contributed by atoms with Gasteiger partial charge < -0.3 is 9.33 Å². The standard InChI is InChI=1S/C18H27N3O3Si/c1-18(2,3)25(4,5)24-15-12-14(10-11-19)20(13-15)16-8-6-7-9-17(16)21(22)23/h6-9,14-15H,10,12-13H2,1-5H3/t14-,15-/m1/s1. The van der Waals surface area contributed by atoms with Crippen molar-refractivity contribution in [2.45, 2.75) is 63.9 Å². The summed E-state index contributed by atoms with van der Waals surface area (Å²) in [4.78, 5) is 13.0. The summed E-state index contributed by atoms with van der Waals surface area (Å²) in [5, 5.41) is 20.7. The fourth-order valence-corrected chi connectivity index (χ4v) is 4.37. The van der Waals surface area contributed by atoms with Crippen molar-refractivity contribution in [3.05, 3.63) is 34.4 Å². The molecule has 0 aliphatic carbocycles. The van der Waals surface area contributed by atoms with Crippen LogP contribution in [0.1, 0.15) is 33.6 Å². The van der Waals surface area contributed by atoms with E-state index in [0.29, 0.717) is 18.7 Å². The number of rotatable bonds is 5. The number of para-hydroxylation sites is 2. The molecule has 1 aliphatic rings. The fourth-order valence-electron chi connectivity index (χ4n) is 3.01. The molecular weight excluding hydrogens is 334 g/mol. The first-order chi connectivity index (χ1) is 11.6. The smallest absolute Gasteiger partial charge is 0.292 e. The first-order valence-corrected chi connectivity index (χ1v) is 11.5. The molecule has 1 aromatic carbocycles. The molecule has 1 aromatic rings. The average molecular weight is 362 g/mol. The molecule has 7 heteroatoms. The molecule has 6 nitrogen and oxygen atoms in total. The zero-order valence-corrected chi connectivity index (χ0v) is 16.7. The lowest BCUT2D eigenvalue weighted by molar-refractivity contribution is -0.384. The molecule has 1 aliphatic heterocycles. The molecule has 136 valence electrons. The molecule has 0 aromatic heterocycles. The molecule has 2 rings (SSSR count). The quantitative estimate of drug-likeness (QED) is 0.439. The van der Waals surface area contributed by atoms with Crippen LogP contribution < -0.4 is 4.90 Å². The number of nitriles is 1. The third-order valence-electron chi connectivity index (χ3n) is 5.36. The number of hydrogen-bond acceptors (Lipinski definition) is 5. The molecule has 1 fully saturated rings. The van der Waals surface area contributed by atoms with Crippen LogP contribution in [-0.2, 0) is 4.43 Å². The second-order valence-corrected chi connectivity index (χ2v) is 12.9. The van der Waals surface area contributed by atoms with Gasteiger partial charge in [0.2, 0.25) is 0 Å². The van der Waals surface area contributed by atoms with Crippen molar-refractivity contribution in [3.63, 3.8) is 0 Å². The summed E-state index contributed by atoms with van der Waals surface area (Å²) < 4.78 is 6.51. The Kier molecular flexibility index (Phi) is 5.54. The zero-order chi connectivity index (χ0) is 18.8. The minimum Gasteiger partial charge on any atom is -0.412 e. The van der Waals surface area contributed by atoms with Gasteiger partial charge in [0.25, 0.3) is 5.69 Å². The van der Waals surface area contributed by atoms with Crippen LogP contribution in [-0.4, -0.2) is 31.9 Å². The molecule has 25 heavy (non-hydrogen) atoms. The largest absolute Gasteiger partial charge is 0.412 e. The van der Waals surface area contributed by atoms with Crippen LogP contribution >= 0.6 is 0 Å². The topological polar surface area (TPSA) is 79.4 Å². The number of nitro groups is 1. The van der Waals surface area contributed by atoms with Crippen LogP contribution in [0.3, 0.4) is 0 Å².